The van der Waals surface area contributed by atoms with E-state index in [9.17, 15) is 24.0 Å². The van der Waals surface area contributed by atoms with E-state index in [0.29, 0.717) is 49.0 Å². The molecule has 0 heterocycles. The second-order valence-corrected chi connectivity index (χ2v) is 10.4. The van der Waals surface area contributed by atoms with Crippen molar-refractivity contribution in [2.45, 2.75) is 38.5 Å². The molecule has 7 nitrogen and oxygen atoms in total. The number of allylic oxidation sites excluding steroid dienone is 2. The minimum atomic E-state index is -1.05. The fraction of sp³-hybridized carbons (Fsp3) is 0.259. The molecule has 37 heavy (non-hydrogen) atoms. The van der Waals surface area contributed by atoms with Crippen LogP contribution in [0.5, 0.6) is 0 Å². The van der Waals surface area contributed by atoms with Crippen molar-refractivity contribution in [3.8, 4) is 0 Å². The van der Waals surface area contributed by atoms with Gasteiger partial charge < -0.3 is 16.6 Å². The molecular weight excluding hydrogens is 727 g/mol. The molecule has 0 radical (unpaired) electrons. The van der Waals surface area contributed by atoms with Gasteiger partial charge in [-0.25, -0.2) is 4.79 Å². The summed E-state index contributed by atoms with van der Waals surface area (Å²) in [5.41, 5.74) is 0.948. The predicted octanol–water partition coefficient (Wildman–Crippen LogP) is 2.60. The molecule has 186 valence electrons. The average molecular weight is 749 g/mol. The maximum absolute atomic E-state index is 12.1. The molecular formula is C27H22I2KNO6. The fourth-order valence-electron chi connectivity index (χ4n) is 3.58. The molecule has 0 bridgehead atoms. The van der Waals surface area contributed by atoms with Crippen molar-refractivity contribution in [2.24, 2.45) is 5.92 Å². The summed E-state index contributed by atoms with van der Waals surface area (Å²) in [5.74, 6) is -1.76. The first-order valence-corrected chi connectivity index (χ1v) is 13.2. The van der Waals surface area contributed by atoms with Gasteiger partial charge in [-0.15, -0.1) is 0 Å². The second kappa shape index (κ2) is 17.5. The van der Waals surface area contributed by atoms with Gasteiger partial charge in [0.2, 0.25) is 0 Å². The van der Waals surface area contributed by atoms with Crippen LogP contribution in [0.15, 0.2) is 60.4 Å². The number of hydrogen-bond donors (Lipinski definition) is 0. The molecule has 0 N–H and O–H groups in total. The Morgan fingerprint density at radius 1 is 0.757 bits per heavy atom. The van der Waals surface area contributed by atoms with Gasteiger partial charge in [-0.05, 0) is 94.4 Å². The topological polar surface area (TPSA) is 118 Å². The van der Waals surface area contributed by atoms with Crippen LogP contribution in [-0.4, -0.2) is 29.1 Å². The second-order valence-electron chi connectivity index (χ2n) is 7.92. The summed E-state index contributed by atoms with van der Waals surface area (Å²) < 4.78 is 7.26. The van der Waals surface area contributed by atoms with Crippen LogP contribution in [0.25, 0.3) is 0 Å². The molecule has 1 fully saturated rings. The number of benzene rings is 2. The van der Waals surface area contributed by atoms with Gasteiger partial charge in [0.1, 0.15) is 11.7 Å². The van der Waals surface area contributed by atoms with E-state index in [1.54, 1.807) is 36.4 Å². The van der Waals surface area contributed by atoms with Gasteiger partial charge in [-0.3, -0.25) is 19.2 Å². The maximum atomic E-state index is 12.1. The van der Waals surface area contributed by atoms with E-state index in [0.717, 1.165) is 13.6 Å². The third-order valence-electron chi connectivity index (χ3n) is 5.35. The molecule has 0 aliphatic heterocycles. The minimum absolute atomic E-state index is 0. The van der Waals surface area contributed by atoms with Crippen molar-refractivity contribution in [3.63, 3.8) is 0 Å². The third-order valence-corrected chi connectivity index (χ3v) is 6.79. The van der Waals surface area contributed by atoms with E-state index in [1.165, 1.54) is 6.08 Å². The number of halogens is 2. The Hall–Kier alpha value is -1.08. The van der Waals surface area contributed by atoms with Crippen molar-refractivity contribution < 1.29 is 80.1 Å². The van der Waals surface area contributed by atoms with Gasteiger partial charge in [0.05, 0.1) is 5.56 Å². The molecule has 2 aromatic rings. The normalized spacial score (nSPS) is 15.0. The monoisotopic (exact) mass is 749 g/mol. The number of carbonyl (C=O) groups is 5. The smallest absolute Gasteiger partial charge is 0.512 e. The Labute approximate surface area is 285 Å². The molecule has 10 heteroatoms. The number of nitrogens with zero attached hydrogens (tertiary/aromatic N) is 1. The number of ketones is 4. The number of carbonyl (C=O) groups excluding carboxylic acids is 5. The van der Waals surface area contributed by atoms with Gasteiger partial charge in [0.25, 0.3) is 0 Å². The van der Waals surface area contributed by atoms with Crippen LogP contribution >= 0.6 is 45.2 Å². The Kier molecular flexibility index (Phi) is 16.0. The van der Waals surface area contributed by atoms with Gasteiger partial charge in [-0.2, -0.15) is 0 Å². The fourth-order valence-corrected chi connectivity index (χ4v) is 4.30. The maximum Gasteiger partial charge on any atom is 1.00 e. The van der Waals surface area contributed by atoms with Crippen molar-refractivity contribution >= 4 is 74.3 Å². The standard InChI is InChI=1S/2C13H11IO3.CN.K/c14-10-6-4-9(5-7-10)13(16)17-12-3-1-2-11(15)8-12;14-9-6-4-8(5-7-9)13(17)12-10(15)2-1-3-11(12)16;1-2;/h4-8H,1-3H2;4-7,12H,1-3H2;;/q;;-1;+1. The Morgan fingerprint density at radius 2 is 1.22 bits per heavy atom. The summed E-state index contributed by atoms with van der Waals surface area (Å²) in [5, 5.41) is 6.25. The van der Waals surface area contributed by atoms with Gasteiger partial charge in [0.15, 0.2) is 23.1 Å². The summed E-state index contributed by atoms with van der Waals surface area (Å²) in [6, 6.07) is 14.1. The van der Waals surface area contributed by atoms with Gasteiger partial charge >= 0.3 is 57.4 Å². The first-order chi connectivity index (χ1) is 17.2. The molecule has 0 aromatic heterocycles. The summed E-state index contributed by atoms with van der Waals surface area (Å²) >= 11 is 4.31. The number of ether oxygens (including phenoxy) is 1. The Bertz CT molecular complexity index is 1170. The zero-order valence-electron chi connectivity index (χ0n) is 20.2. The van der Waals surface area contributed by atoms with Crippen LogP contribution in [0, 0.1) is 24.9 Å². The number of hydrogen-bond acceptors (Lipinski definition) is 7. The molecule has 2 aromatic carbocycles. The van der Waals surface area contributed by atoms with Crippen molar-refractivity contribution in [3.05, 3.63) is 85.2 Å². The molecule has 0 amide bonds. The average Bonchev–Trinajstić information content (AvgIpc) is 2.86. The first kappa shape index (κ1) is 33.9. The van der Waals surface area contributed by atoms with Crippen molar-refractivity contribution in [2.75, 3.05) is 0 Å². The molecule has 0 saturated heterocycles. The van der Waals surface area contributed by atoms with Crippen LogP contribution < -0.4 is 51.4 Å². The number of Topliss-reactive ketones (excluding diaryl/α,β-unsaturated/α-hetero) is 3. The molecule has 2 aliphatic rings. The zero-order valence-corrected chi connectivity index (χ0v) is 27.6. The summed E-state index contributed by atoms with van der Waals surface area (Å²) in [7, 11) is 0. The van der Waals surface area contributed by atoms with E-state index in [-0.39, 0.29) is 74.5 Å². The van der Waals surface area contributed by atoms with E-state index in [2.05, 4.69) is 45.2 Å². The van der Waals surface area contributed by atoms with Crippen LogP contribution in [0.4, 0.5) is 0 Å². The van der Waals surface area contributed by atoms with Crippen molar-refractivity contribution in [1.29, 1.82) is 5.26 Å². The molecule has 0 unspecified atom stereocenters. The van der Waals surface area contributed by atoms with E-state index in [4.69, 9.17) is 16.6 Å². The molecule has 4 rings (SSSR count). The Balaban J connectivity index is 0.000000338. The van der Waals surface area contributed by atoms with Crippen LogP contribution in [0.2, 0.25) is 0 Å². The largest absolute Gasteiger partial charge is 1.00 e. The zero-order chi connectivity index (χ0) is 26.7. The number of esters is 1. The number of rotatable bonds is 4. The quantitative estimate of drug-likeness (QED) is 0.118. The van der Waals surface area contributed by atoms with E-state index >= 15 is 0 Å². The summed E-state index contributed by atoms with van der Waals surface area (Å²) in [6.07, 6.45) is 4.64. The summed E-state index contributed by atoms with van der Waals surface area (Å²) in [6.45, 7) is 4.75. The van der Waals surface area contributed by atoms with Gasteiger partial charge in [-0.1, -0.05) is 12.1 Å². The minimum Gasteiger partial charge on any atom is -0.512 e. The van der Waals surface area contributed by atoms with Gasteiger partial charge in [0, 0.05) is 44.5 Å². The molecule has 0 spiro atoms. The Morgan fingerprint density at radius 3 is 1.70 bits per heavy atom. The van der Waals surface area contributed by atoms with E-state index in [1.807, 2.05) is 12.1 Å². The third kappa shape index (κ3) is 10.9. The molecule has 2 aliphatic carbocycles. The predicted molar refractivity (Wildman–Crippen MR) is 147 cm³/mol. The molecule has 0 atom stereocenters. The summed E-state index contributed by atoms with van der Waals surface area (Å²) in [4.78, 5) is 58.3. The van der Waals surface area contributed by atoms with E-state index < -0.39 is 11.9 Å². The SMILES string of the molecule is O=C1C=C(OC(=O)c2ccc(I)cc2)CCC1.O=C1CCCC(=O)C1C(=O)c1ccc(I)cc1.[C-]#N.[K+]. The van der Waals surface area contributed by atoms with Crippen molar-refractivity contribution in [1.82, 2.24) is 0 Å². The first-order valence-electron chi connectivity index (χ1n) is 11.0. The van der Waals surface area contributed by atoms with Crippen LogP contribution in [0.3, 0.4) is 0 Å². The molecule has 1 saturated carbocycles. The van der Waals surface area contributed by atoms with Crippen LogP contribution in [0.1, 0.15) is 59.2 Å². The van der Waals surface area contributed by atoms with Crippen LogP contribution in [-0.2, 0) is 19.1 Å².